The Morgan fingerprint density at radius 2 is 1.71 bits per heavy atom. The molecule has 2 aromatic carbocycles. The number of nitrogens with zero attached hydrogens (tertiary/aromatic N) is 3. The predicted molar refractivity (Wildman–Crippen MR) is 78.2 cm³/mol. The van der Waals surface area contributed by atoms with E-state index in [2.05, 4.69) is 5.10 Å². The van der Waals surface area contributed by atoms with Gasteiger partial charge in [0.1, 0.15) is 0 Å². The van der Waals surface area contributed by atoms with E-state index in [4.69, 9.17) is 0 Å². The number of hydrazone groups is 1. The standard InChI is InChI=1S/C15H11N3O3/c19-15-10-14(11-6-8-13(9-7-11)18(20)21)16-17(15)12-4-2-1-3-5-12/h1-9H,10H2. The van der Waals surface area contributed by atoms with E-state index >= 15 is 0 Å². The van der Waals surface area contributed by atoms with Crippen molar-refractivity contribution in [3.63, 3.8) is 0 Å². The molecule has 21 heavy (non-hydrogen) atoms. The Hall–Kier alpha value is -3.02. The van der Waals surface area contributed by atoms with Gasteiger partial charge in [0, 0.05) is 12.1 Å². The van der Waals surface area contributed by atoms with E-state index in [0.717, 1.165) is 0 Å². The Morgan fingerprint density at radius 3 is 2.33 bits per heavy atom. The van der Waals surface area contributed by atoms with Gasteiger partial charge in [0.15, 0.2) is 0 Å². The number of para-hydroxylation sites is 1. The first-order valence-corrected chi connectivity index (χ1v) is 6.35. The summed E-state index contributed by atoms with van der Waals surface area (Å²) in [6.45, 7) is 0. The SMILES string of the molecule is O=C1CC(c2ccc([N+](=O)[O-])cc2)=NN1c1ccccc1. The molecule has 0 radical (unpaired) electrons. The summed E-state index contributed by atoms with van der Waals surface area (Å²) >= 11 is 0. The zero-order chi connectivity index (χ0) is 14.8. The minimum atomic E-state index is -0.457. The van der Waals surface area contributed by atoms with Gasteiger partial charge in [-0.15, -0.1) is 0 Å². The summed E-state index contributed by atoms with van der Waals surface area (Å²) in [5.74, 6) is -0.116. The average molecular weight is 281 g/mol. The lowest BCUT2D eigenvalue weighted by molar-refractivity contribution is -0.384. The van der Waals surface area contributed by atoms with Gasteiger partial charge in [0.25, 0.3) is 11.6 Å². The maximum Gasteiger partial charge on any atom is 0.269 e. The van der Waals surface area contributed by atoms with E-state index in [0.29, 0.717) is 17.0 Å². The van der Waals surface area contributed by atoms with Gasteiger partial charge in [-0.05, 0) is 29.8 Å². The molecule has 0 aliphatic carbocycles. The molecule has 0 unspecified atom stereocenters. The number of anilines is 1. The third-order valence-corrected chi connectivity index (χ3v) is 3.19. The van der Waals surface area contributed by atoms with Gasteiger partial charge >= 0.3 is 0 Å². The summed E-state index contributed by atoms with van der Waals surface area (Å²) in [4.78, 5) is 22.2. The summed E-state index contributed by atoms with van der Waals surface area (Å²) in [5, 5.41) is 16.3. The van der Waals surface area contributed by atoms with E-state index in [-0.39, 0.29) is 18.0 Å². The number of carbonyl (C=O) groups is 1. The van der Waals surface area contributed by atoms with Crippen LogP contribution in [0.1, 0.15) is 12.0 Å². The van der Waals surface area contributed by atoms with Gasteiger partial charge < -0.3 is 0 Å². The summed E-state index contributed by atoms with van der Waals surface area (Å²) in [7, 11) is 0. The molecule has 3 rings (SSSR count). The van der Waals surface area contributed by atoms with Crippen molar-refractivity contribution >= 4 is 23.0 Å². The fraction of sp³-hybridized carbons (Fsp3) is 0.0667. The molecule has 1 amide bonds. The summed E-state index contributed by atoms with van der Waals surface area (Å²) in [5.41, 5.74) is 2.05. The number of carbonyl (C=O) groups excluding carboxylic acids is 1. The van der Waals surface area contributed by atoms with Crippen molar-refractivity contribution < 1.29 is 9.72 Å². The number of hydrogen-bond donors (Lipinski definition) is 0. The molecule has 0 fully saturated rings. The molecular weight excluding hydrogens is 270 g/mol. The largest absolute Gasteiger partial charge is 0.272 e. The Balaban J connectivity index is 1.90. The highest BCUT2D eigenvalue weighted by molar-refractivity contribution is 6.19. The van der Waals surface area contributed by atoms with Crippen molar-refractivity contribution in [1.82, 2.24) is 0 Å². The monoisotopic (exact) mass is 281 g/mol. The second-order valence-corrected chi connectivity index (χ2v) is 4.57. The lowest BCUT2D eigenvalue weighted by atomic mass is 10.1. The van der Waals surface area contributed by atoms with Crippen LogP contribution in [0.2, 0.25) is 0 Å². The van der Waals surface area contributed by atoms with Crippen LogP contribution in [0.5, 0.6) is 0 Å². The van der Waals surface area contributed by atoms with Gasteiger partial charge in [-0.1, -0.05) is 18.2 Å². The minimum absolute atomic E-state index is 0.0172. The first kappa shape index (κ1) is 13.0. The molecule has 1 aliphatic heterocycles. The highest BCUT2D eigenvalue weighted by Gasteiger charge is 2.26. The molecule has 104 valence electrons. The number of benzene rings is 2. The number of hydrogen-bond acceptors (Lipinski definition) is 4. The van der Waals surface area contributed by atoms with Crippen LogP contribution < -0.4 is 5.01 Å². The summed E-state index contributed by atoms with van der Waals surface area (Å²) < 4.78 is 0. The van der Waals surface area contributed by atoms with Gasteiger partial charge in [-0.25, -0.2) is 5.01 Å². The second-order valence-electron chi connectivity index (χ2n) is 4.57. The fourth-order valence-electron chi connectivity index (χ4n) is 2.14. The summed E-state index contributed by atoms with van der Waals surface area (Å²) in [6, 6.07) is 15.2. The Bertz CT molecular complexity index is 724. The zero-order valence-electron chi connectivity index (χ0n) is 11.0. The lowest BCUT2D eigenvalue weighted by Gasteiger charge is -2.10. The molecule has 1 heterocycles. The van der Waals surface area contributed by atoms with Gasteiger partial charge in [-0.3, -0.25) is 14.9 Å². The van der Waals surface area contributed by atoms with Crippen LogP contribution in [0.4, 0.5) is 11.4 Å². The van der Waals surface area contributed by atoms with Crippen LogP contribution in [-0.4, -0.2) is 16.5 Å². The van der Waals surface area contributed by atoms with E-state index in [1.54, 1.807) is 24.3 Å². The highest BCUT2D eigenvalue weighted by Crippen LogP contribution is 2.23. The Morgan fingerprint density at radius 1 is 1.05 bits per heavy atom. The average Bonchev–Trinajstić information content (AvgIpc) is 2.90. The third kappa shape index (κ3) is 2.51. The van der Waals surface area contributed by atoms with Crippen LogP contribution >= 0.6 is 0 Å². The lowest BCUT2D eigenvalue weighted by Crippen LogP contribution is -2.19. The number of non-ortho nitro benzene ring substituents is 1. The quantitative estimate of drug-likeness (QED) is 0.641. The van der Waals surface area contributed by atoms with Crippen molar-refractivity contribution in [2.24, 2.45) is 5.10 Å². The number of nitro benzene ring substituents is 1. The van der Waals surface area contributed by atoms with Gasteiger partial charge in [0.2, 0.25) is 0 Å². The predicted octanol–water partition coefficient (Wildman–Crippen LogP) is 2.74. The van der Waals surface area contributed by atoms with E-state index in [9.17, 15) is 14.9 Å². The maximum absolute atomic E-state index is 12.0. The fourth-order valence-corrected chi connectivity index (χ4v) is 2.14. The molecule has 2 aromatic rings. The molecule has 0 spiro atoms. The smallest absolute Gasteiger partial charge is 0.269 e. The van der Waals surface area contributed by atoms with Crippen molar-refractivity contribution in [1.29, 1.82) is 0 Å². The van der Waals surface area contributed by atoms with Crippen molar-refractivity contribution in [2.75, 3.05) is 5.01 Å². The molecule has 0 N–H and O–H groups in total. The Kier molecular flexibility index (Phi) is 3.19. The van der Waals surface area contributed by atoms with Crippen LogP contribution in [0.15, 0.2) is 59.7 Å². The molecular formula is C15H11N3O3. The molecule has 0 bridgehead atoms. The molecule has 0 saturated heterocycles. The van der Waals surface area contributed by atoms with E-state index < -0.39 is 4.92 Å². The van der Waals surface area contributed by atoms with Gasteiger partial charge in [-0.2, -0.15) is 5.10 Å². The highest BCUT2D eigenvalue weighted by atomic mass is 16.6. The number of amides is 1. The van der Waals surface area contributed by atoms with E-state index in [1.165, 1.54) is 17.1 Å². The molecule has 6 nitrogen and oxygen atoms in total. The number of rotatable bonds is 3. The molecule has 0 saturated carbocycles. The minimum Gasteiger partial charge on any atom is -0.272 e. The molecule has 1 aliphatic rings. The Labute approximate surface area is 120 Å². The second kappa shape index (κ2) is 5.16. The van der Waals surface area contributed by atoms with Crippen molar-refractivity contribution in [3.8, 4) is 0 Å². The van der Waals surface area contributed by atoms with Crippen LogP contribution in [0.25, 0.3) is 0 Å². The third-order valence-electron chi connectivity index (χ3n) is 3.19. The van der Waals surface area contributed by atoms with Crippen molar-refractivity contribution in [2.45, 2.75) is 6.42 Å². The normalized spacial score (nSPS) is 14.2. The molecule has 0 atom stereocenters. The number of nitro groups is 1. The summed E-state index contributed by atoms with van der Waals surface area (Å²) in [6.07, 6.45) is 0.187. The van der Waals surface area contributed by atoms with Crippen molar-refractivity contribution in [3.05, 3.63) is 70.3 Å². The topological polar surface area (TPSA) is 75.8 Å². The molecule has 0 aromatic heterocycles. The first-order valence-electron chi connectivity index (χ1n) is 6.35. The maximum atomic E-state index is 12.0. The first-order chi connectivity index (χ1) is 10.1. The van der Waals surface area contributed by atoms with Crippen LogP contribution in [0, 0.1) is 10.1 Å². The zero-order valence-corrected chi connectivity index (χ0v) is 11.0. The van der Waals surface area contributed by atoms with Crippen LogP contribution in [0.3, 0.4) is 0 Å². The van der Waals surface area contributed by atoms with Gasteiger partial charge in [0.05, 0.1) is 22.7 Å². The van der Waals surface area contributed by atoms with E-state index in [1.807, 2.05) is 18.2 Å². The van der Waals surface area contributed by atoms with Crippen LogP contribution in [-0.2, 0) is 4.79 Å². The molecule has 6 heteroatoms.